The van der Waals surface area contributed by atoms with Crippen molar-refractivity contribution in [3.63, 3.8) is 0 Å². The SMILES string of the molecule is COC[C@H](NCC(=O)Nc1c(C)cccc1C)C(C)C. The molecule has 0 spiro atoms. The monoisotopic (exact) mass is 278 g/mol. The summed E-state index contributed by atoms with van der Waals surface area (Å²) in [5.41, 5.74) is 3.07. The van der Waals surface area contributed by atoms with Crippen molar-refractivity contribution in [3.8, 4) is 0 Å². The number of amides is 1. The molecule has 0 aliphatic heterocycles. The van der Waals surface area contributed by atoms with Gasteiger partial charge in [-0.15, -0.1) is 0 Å². The summed E-state index contributed by atoms with van der Waals surface area (Å²) in [6.45, 7) is 9.12. The number of hydrogen-bond acceptors (Lipinski definition) is 3. The zero-order valence-corrected chi connectivity index (χ0v) is 13.1. The van der Waals surface area contributed by atoms with Crippen molar-refractivity contribution in [1.29, 1.82) is 0 Å². The normalized spacial score (nSPS) is 12.5. The second kappa shape index (κ2) is 8.02. The molecule has 1 aromatic rings. The molecular weight excluding hydrogens is 252 g/mol. The average molecular weight is 278 g/mol. The van der Waals surface area contributed by atoms with Gasteiger partial charge in [0.15, 0.2) is 0 Å². The Balaban J connectivity index is 2.55. The van der Waals surface area contributed by atoms with E-state index in [0.717, 1.165) is 16.8 Å². The predicted molar refractivity (Wildman–Crippen MR) is 83.1 cm³/mol. The van der Waals surface area contributed by atoms with Gasteiger partial charge < -0.3 is 15.4 Å². The van der Waals surface area contributed by atoms with Crippen LogP contribution in [0, 0.1) is 19.8 Å². The maximum absolute atomic E-state index is 12.0. The van der Waals surface area contributed by atoms with E-state index in [1.807, 2.05) is 32.0 Å². The number of benzene rings is 1. The summed E-state index contributed by atoms with van der Waals surface area (Å²) < 4.78 is 5.16. The van der Waals surface area contributed by atoms with Gasteiger partial charge in [0, 0.05) is 18.8 Å². The van der Waals surface area contributed by atoms with E-state index < -0.39 is 0 Å². The van der Waals surface area contributed by atoms with Crippen LogP contribution in [0.2, 0.25) is 0 Å². The summed E-state index contributed by atoms with van der Waals surface area (Å²) >= 11 is 0. The Morgan fingerprint density at radius 1 is 1.25 bits per heavy atom. The van der Waals surface area contributed by atoms with Crippen molar-refractivity contribution < 1.29 is 9.53 Å². The van der Waals surface area contributed by atoms with Gasteiger partial charge in [0.25, 0.3) is 0 Å². The first-order chi connectivity index (χ1) is 9.45. The molecule has 4 nitrogen and oxygen atoms in total. The molecule has 0 heterocycles. The van der Waals surface area contributed by atoms with E-state index in [2.05, 4.69) is 24.5 Å². The summed E-state index contributed by atoms with van der Waals surface area (Å²) in [6.07, 6.45) is 0. The molecule has 0 bridgehead atoms. The molecule has 20 heavy (non-hydrogen) atoms. The minimum Gasteiger partial charge on any atom is -0.383 e. The van der Waals surface area contributed by atoms with Gasteiger partial charge in [-0.05, 0) is 30.9 Å². The lowest BCUT2D eigenvalue weighted by molar-refractivity contribution is -0.115. The van der Waals surface area contributed by atoms with Crippen molar-refractivity contribution in [3.05, 3.63) is 29.3 Å². The van der Waals surface area contributed by atoms with Crippen LogP contribution < -0.4 is 10.6 Å². The lowest BCUT2D eigenvalue weighted by atomic mass is 10.1. The average Bonchev–Trinajstić information content (AvgIpc) is 2.38. The number of nitrogens with one attached hydrogen (secondary N) is 2. The van der Waals surface area contributed by atoms with Crippen LogP contribution in [0.3, 0.4) is 0 Å². The van der Waals surface area contributed by atoms with Crippen LogP contribution in [-0.2, 0) is 9.53 Å². The van der Waals surface area contributed by atoms with E-state index in [4.69, 9.17) is 4.74 Å². The maximum Gasteiger partial charge on any atom is 0.238 e. The summed E-state index contributed by atoms with van der Waals surface area (Å²) in [5.74, 6) is 0.395. The first-order valence-electron chi connectivity index (χ1n) is 7.04. The Kier molecular flexibility index (Phi) is 6.68. The van der Waals surface area contributed by atoms with Gasteiger partial charge in [0.1, 0.15) is 0 Å². The summed E-state index contributed by atoms with van der Waals surface area (Å²) in [7, 11) is 1.67. The first kappa shape index (κ1) is 16.7. The number of anilines is 1. The minimum absolute atomic E-state index is 0.0239. The molecule has 0 unspecified atom stereocenters. The van der Waals surface area contributed by atoms with Crippen molar-refractivity contribution in [2.24, 2.45) is 5.92 Å². The molecule has 1 aromatic carbocycles. The Morgan fingerprint density at radius 2 is 1.85 bits per heavy atom. The summed E-state index contributed by atoms with van der Waals surface area (Å²) in [4.78, 5) is 12.0. The van der Waals surface area contributed by atoms with Crippen LogP contribution in [0.1, 0.15) is 25.0 Å². The Labute approximate surface area is 121 Å². The molecule has 0 fully saturated rings. The highest BCUT2D eigenvalue weighted by molar-refractivity contribution is 5.93. The molecular formula is C16H26N2O2. The van der Waals surface area contributed by atoms with Crippen LogP contribution in [0.4, 0.5) is 5.69 Å². The number of methoxy groups -OCH3 is 1. The van der Waals surface area contributed by atoms with Gasteiger partial charge in [0.2, 0.25) is 5.91 Å². The molecule has 0 radical (unpaired) electrons. The number of hydrogen-bond donors (Lipinski definition) is 2. The van der Waals surface area contributed by atoms with E-state index in [9.17, 15) is 4.79 Å². The van der Waals surface area contributed by atoms with Crippen molar-refractivity contribution >= 4 is 11.6 Å². The van der Waals surface area contributed by atoms with E-state index in [0.29, 0.717) is 19.1 Å². The largest absolute Gasteiger partial charge is 0.383 e. The fourth-order valence-corrected chi connectivity index (χ4v) is 2.09. The molecule has 1 rings (SSSR count). The molecule has 1 amide bonds. The van der Waals surface area contributed by atoms with E-state index >= 15 is 0 Å². The molecule has 0 aliphatic carbocycles. The van der Waals surface area contributed by atoms with Gasteiger partial charge in [-0.25, -0.2) is 0 Å². The Morgan fingerprint density at radius 3 is 2.35 bits per heavy atom. The van der Waals surface area contributed by atoms with Gasteiger partial charge >= 0.3 is 0 Å². The Bertz CT molecular complexity index is 424. The molecule has 0 aromatic heterocycles. The lowest BCUT2D eigenvalue weighted by Gasteiger charge is -2.21. The highest BCUT2D eigenvalue weighted by Crippen LogP contribution is 2.19. The smallest absolute Gasteiger partial charge is 0.238 e. The second-order valence-corrected chi connectivity index (χ2v) is 5.50. The fourth-order valence-electron chi connectivity index (χ4n) is 2.09. The van der Waals surface area contributed by atoms with Crippen molar-refractivity contribution in [1.82, 2.24) is 5.32 Å². The number of para-hydroxylation sites is 1. The third-order valence-electron chi connectivity index (χ3n) is 3.42. The van der Waals surface area contributed by atoms with E-state index in [1.54, 1.807) is 7.11 Å². The quantitative estimate of drug-likeness (QED) is 0.805. The number of rotatable bonds is 7. The molecule has 0 saturated heterocycles. The van der Waals surface area contributed by atoms with E-state index in [-0.39, 0.29) is 11.9 Å². The highest BCUT2D eigenvalue weighted by atomic mass is 16.5. The van der Waals surface area contributed by atoms with Crippen molar-refractivity contribution in [2.75, 3.05) is 25.6 Å². The maximum atomic E-state index is 12.0. The topological polar surface area (TPSA) is 50.4 Å². The van der Waals surface area contributed by atoms with Gasteiger partial charge in [0.05, 0.1) is 13.2 Å². The fraction of sp³-hybridized carbons (Fsp3) is 0.562. The third-order valence-corrected chi connectivity index (χ3v) is 3.42. The lowest BCUT2D eigenvalue weighted by Crippen LogP contribution is -2.42. The zero-order valence-electron chi connectivity index (χ0n) is 13.1. The molecule has 112 valence electrons. The number of carbonyl (C=O) groups is 1. The number of aryl methyl sites for hydroxylation is 2. The van der Waals surface area contributed by atoms with Crippen LogP contribution in [-0.4, -0.2) is 32.2 Å². The highest BCUT2D eigenvalue weighted by Gasteiger charge is 2.14. The summed E-state index contributed by atoms with van der Waals surface area (Å²) in [6, 6.07) is 6.17. The predicted octanol–water partition coefficient (Wildman–Crippen LogP) is 2.50. The standard InChI is InChI=1S/C16H26N2O2/c1-11(2)14(10-20-5)17-9-15(19)18-16-12(3)7-6-8-13(16)4/h6-8,11,14,17H,9-10H2,1-5H3,(H,18,19)/t14-/m0/s1. The van der Waals surface area contributed by atoms with Crippen LogP contribution in [0.5, 0.6) is 0 Å². The number of carbonyl (C=O) groups excluding carboxylic acids is 1. The van der Waals surface area contributed by atoms with Crippen LogP contribution in [0.25, 0.3) is 0 Å². The molecule has 1 atom stereocenters. The van der Waals surface area contributed by atoms with Gasteiger partial charge in [-0.3, -0.25) is 4.79 Å². The molecule has 4 heteroatoms. The molecule has 2 N–H and O–H groups in total. The van der Waals surface area contributed by atoms with Gasteiger partial charge in [-0.1, -0.05) is 32.0 Å². The molecule has 0 saturated carbocycles. The van der Waals surface area contributed by atoms with E-state index in [1.165, 1.54) is 0 Å². The third kappa shape index (κ3) is 4.94. The minimum atomic E-state index is -0.0239. The second-order valence-electron chi connectivity index (χ2n) is 5.50. The summed E-state index contributed by atoms with van der Waals surface area (Å²) in [5, 5.41) is 6.21. The zero-order chi connectivity index (χ0) is 15.1. The first-order valence-corrected chi connectivity index (χ1v) is 7.04. The number of ether oxygens (including phenoxy) is 1. The molecule has 0 aliphatic rings. The van der Waals surface area contributed by atoms with Crippen molar-refractivity contribution in [2.45, 2.75) is 33.7 Å². The van der Waals surface area contributed by atoms with Gasteiger partial charge in [-0.2, -0.15) is 0 Å². The van der Waals surface area contributed by atoms with Crippen LogP contribution in [0.15, 0.2) is 18.2 Å². The van der Waals surface area contributed by atoms with Crippen LogP contribution >= 0.6 is 0 Å². The Hall–Kier alpha value is -1.39.